The normalized spacial score (nSPS) is 18.1. The summed E-state index contributed by atoms with van der Waals surface area (Å²) in [6.07, 6.45) is 0.354. The lowest BCUT2D eigenvalue weighted by Crippen LogP contribution is -2.12. The number of aliphatic hydroxyl groups is 1. The Morgan fingerprint density at radius 2 is 1.95 bits per heavy atom. The van der Waals surface area contributed by atoms with Gasteiger partial charge < -0.3 is 14.6 Å². The first kappa shape index (κ1) is 14.1. The largest absolute Gasteiger partial charge is 0.493 e. The molecule has 0 spiro atoms. The van der Waals surface area contributed by atoms with E-state index in [4.69, 9.17) is 9.47 Å². The number of para-hydroxylation sites is 1. The molecular weight excluding hydrogens is 264 g/mol. The van der Waals surface area contributed by atoms with Crippen LogP contribution in [0.2, 0.25) is 0 Å². The van der Waals surface area contributed by atoms with Crippen LogP contribution < -0.4 is 4.74 Å². The fraction of sp³-hybridized carbons (Fsp3) is 0.333. The van der Waals surface area contributed by atoms with Crippen LogP contribution in [0.1, 0.15) is 28.7 Å². The SMILES string of the molecule is COCCc1ccc(C(O)C2COc3ccccc32)cc1. The second-order valence-electron chi connectivity index (χ2n) is 5.38. The average molecular weight is 284 g/mol. The molecule has 1 heterocycles. The lowest BCUT2D eigenvalue weighted by Gasteiger charge is -2.18. The molecule has 3 nitrogen and oxygen atoms in total. The molecule has 0 saturated heterocycles. The van der Waals surface area contributed by atoms with E-state index in [1.54, 1.807) is 7.11 Å². The number of benzene rings is 2. The van der Waals surface area contributed by atoms with Crippen molar-refractivity contribution in [3.05, 3.63) is 65.2 Å². The molecule has 2 aromatic rings. The Morgan fingerprint density at radius 1 is 1.19 bits per heavy atom. The summed E-state index contributed by atoms with van der Waals surface area (Å²) in [5, 5.41) is 10.6. The fourth-order valence-corrected chi connectivity index (χ4v) is 2.78. The van der Waals surface area contributed by atoms with Crippen molar-refractivity contribution in [3.8, 4) is 5.75 Å². The summed E-state index contributed by atoms with van der Waals surface area (Å²) in [6, 6.07) is 16.0. The van der Waals surface area contributed by atoms with E-state index in [0.29, 0.717) is 13.2 Å². The van der Waals surface area contributed by atoms with E-state index in [0.717, 1.165) is 23.3 Å². The molecule has 3 rings (SSSR count). The van der Waals surface area contributed by atoms with Crippen LogP contribution in [-0.4, -0.2) is 25.4 Å². The molecule has 1 aliphatic heterocycles. The second-order valence-corrected chi connectivity index (χ2v) is 5.38. The van der Waals surface area contributed by atoms with E-state index >= 15 is 0 Å². The Hall–Kier alpha value is -1.84. The van der Waals surface area contributed by atoms with Crippen LogP contribution in [0.5, 0.6) is 5.75 Å². The van der Waals surface area contributed by atoms with Crippen LogP contribution in [0, 0.1) is 0 Å². The van der Waals surface area contributed by atoms with Crippen LogP contribution in [0.25, 0.3) is 0 Å². The molecule has 2 atom stereocenters. The lowest BCUT2D eigenvalue weighted by atomic mass is 9.90. The highest BCUT2D eigenvalue weighted by Crippen LogP contribution is 2.40. The Balaban J connectivity index is 1.75. The van der Waals surface area contributed by atoms with Crippen molar-refractivity contribution < 1.29 is 14.6 Å². The van der Waals surface area contributed by atoms with Crippen LogP contribution in [0.15, 0.2) is 48.5 Å². The van der Waals surface area contributed by atoms with Gasteiger partial charge in [-0.1, -0.05) is 42.5 Å². The van der Waals surface area contributed by atoms with Gasteiger partial charge in [-0.05, 0) is 23.6 Å². The quantitative estimate of drug-likeness (QED) is 0.917. The molecule has 110 valence electrons. The molecule has 0 saturated carbocycles. The molecule has 2 aromatic carbocycles. The van der Waals surface area contributed by atoms with Crippen molar-refractivity contribution in [2.45, 2.75) is 18.4 Å². The highest BCUT2D eigenvalue weighted by atomic mass is 16.5. The maximum atomic E-state index is 10.6. The van der Waals surface area contributed by atoms with E-state index in [-0.39, 0.29) is 5.92 Å². The minimum absolute atomic E-state index is 0.00558. The number of methoxy groups -OCH3 is 1. The number of fused-ring (bicyclic) bond motifs is 1. The van der Waals surface area contributed by atoms with Crippen LogP contribution in [0.3, 0.4) is 0 Å². The van der Waals surface area contributed by atoms with Crippen molar-refractivity contribution in [3.63, 3.8) is 0 Å². The molecule has 0 aromatic heterocycles. The summed E-state index contributed by atoms with van der Waals surface area (Å²) in [4.78, 5) is 0. The van der Waals surface area contributed by atoms with E-state index in [9.17, 15) is 5.11 Å². The third-order valence-electron chi connectivity index (χ3n) is 4.03. The van der Waals surface area contributed by atoms with E-state index < -0.39 is 6.10 Å². The first-order valence-corrected chi connectivity index (χ1v) is 7.27. The standard InChI is InChI=1S/C18H20O3/c1-20-11-10-13-6-8-14(9-7-13)18(19)16-12-21-17-5-3-2-4-15(16)17/h2-9,16,18-19H,10-12H2,1H3. The maximum absolute atomic E-state index is 10.6. The summed E-state index contributed by atoms with van der Waals surface area (Å²) in [6.45, 7) is 1.25. The first-order chi connectivity index (χ1) is 10.3. The van der Waals surface area contributed by atoms with Gasteiger partial charge in [0.05, 0.1) is 25.2 Å². The predicted molar refractivity (Wildman–Crippen MR) is 81.7 cm³/mol. The van der Waals surface area contributed by atoms with Crippen molar-refractivity contribution in [2.75, 3.05) is 20.3 Å². The molecule has 0 aliphatic carbocycles. The number of rotatable bonds is 5. The van der Waals surface area contributed by atoms with Crippen molar-refractivity contribution in [2.24, 2.45) is 0 Å². The van der Waals surface area contributed by atoms with Crippen LogP contribution >= 0.6 is 0 Å². The van der Waals surface area contributed by atoms with Gasteiger partial charge in [-0.2, -0.15) is 0 Å². The van der Waals surface area contributed by atoms with E-state index in [2.05, 4.69) is 12.1 Å². The lowest BCUT2D eigenvalue weighted by molar-refractivity contribution is 0.130. The minimum Gasteiger partial charge on any atom is -0.493 e. The Bertz CT molecular complexity index is 592. The number of ether oxygens (including phenoxy) is 2. The second kappa shape index (κ2) is 6.29. The maximum Gasteiger partial charge on any atom is 0.123 e. The van der Waals surface area contributed by atoms with Crippen molar-refractivity contribution >= 4 is 0 Å². The predicted octanol–water partition coefficient (Wildman–Crippen LogP) is 3.09. The number of hydrogen-bond acceptors (Lipinski definition) is 3. The number of hydrogen-bond donors (Lipinski definition) is 1. The average Bonchev–Trinajstić information content (AvgIpc) is 2.97. The third kappa shape index (κ3) is 2.94. The monoisotopic (exact) mass is 284 g/mol. The minimum atomic E-state index is -0.537. The first-order valence-electron chi connectivity index (χ1n) is 7.27. The zero-order valence-electron chi connectivity index (χ0n) is 12.2. The van der Waals surface area contributed by atoms with Crippen molar-refractivity contribution in [1.29, 1.82) is 0 Å². The smallest absolute Gasteiger partial charge is 0.123 e. The van der Waals surface area contributed by atoms with Gasteiger partial charge in [0.2, 0.25) is 0 Å². The molecule has 0 fully saturated rings. The van der Waals surface area contributed by atoms with E-state index in [1.807, 2.05) is 36.4 Å². The summed E-state index contributed by atoms with van der Waals surface area (Å²) < 4.78 is 10.7. The van der Waals surface area contributed by atoms with Gasteiger partial charge in [0.25, 0.3) is 0 Å². The molecule has 0 bridgehead atoms. The zero-order chi connectivity index (χ0) is 14.7. The summed E-state index contributed by atoms with van der Waals surface area (Å²) in [5.74, 6) is 0.893. The zero-order valence-corrected chi connectivity index (χ0v) is 12.2. The van der Waals surface area contributed by atoms with Gasteiger partial charge in [-0.3, -0.25) is 0 Å². The van der Waals surface area contributed by atoms with E-state index in [1.165, 1.54) is 5.56 Å². The highest BCUT2D eigenvalue weighted by molar-refractivity contribution is 5.41. The summed E-state index contributed by atoms with van der Waals surface area (Å²) >= 11 is 0. The van der Waals surface area contributed by atoms with Gasteiger partial charge >= 0.3 is 0 Å². The molecule has 2 unspecified atom stereocenters. The Morgan fingerprint density at radius 3 is 2.71 bits per heavy atom. The fourth-order valence-electron chi connectivity index (χ4n) is 2.78. The van der Waals surface area contributed by atoms with Crippen LogP contribution in [-0.2, 0) is 11.2 Å². The molecular formula is C18H20O3. The Labute approximate surface area is 125 Å². The van der Waals surface area contributed by atoms with Crippen LogP contribution in [0.4, 0.5) is 0 Å². The molecule has 21 heavy (non-hydrogen) atoms. The van der Waals surface area contributed by atoms with Gasteiger partial charge in [0.15, 0.2) is 0 Å². The molecule has 0 radical (unpaired) electrons. The number of aliphatic hydroxyl groups excluding tert-OH is 1. The Kier molecular flexibility index (Phi) is 4.23. The van der Waals surface area contributed by atoms with Gasteiger partial charge in [-0.25, -0.2) is 0 Å². The van der Waals surface area contributed by atoms with Gasteiger partial charge in [0, 0.05) is 12.7 Å². The molecule has 1 aliphatic rings. The van der Waals surface area contributed by atoms with Gasteiger partial charge in [-0.15, -0.1) is 0 Å². The molecule has 3 heteroatoms. The molecule has 0 amide bonds. The summed E-state index contributed by atoms with van der Waals surface area (Å²) in [5.41, 5.74) is 3.24. The molecule has 1 N–H and O–H groups in total. The third-order valence-corrected chi connectivity index (χ3v) is 4.03. The van der Waals surface area contributed by atoms with Gasteiger partial charge in [0.1, 0.15) is 5.75 Å². The topological polar surface area (TPSA) is 38.7 Å². The highest BCUT2D eigenvalue weighted by Gasteiger charge is 2.30. The van der Waals surface area contributed by atoms with Crippen molar-refractivity contribution in [1.82, 2.24) is 0 Å². The summed E-state index contributed by atoms with van der Waals surface area (Å²) in [7, 11) is 1.70.